The number of halogens is 1. The van der Waals surface area contributed by atoms with Crippen LogP contribution in [0.25, 0.3) is 17.0 Å². The highest BCUT2D eigenvalue weighted by molar-refractivity contribution is 8.19. The number of aromatic nitrogens is 1. The fraction of sp³-hybridized carbons (Fsp3) is 0.321. The summed E-state index contributed by atoms with van der Waals surface area (Å²) >= 11 is 6.89. The maximum atomic E-state index is 13.3. The van der Waals surface area contributed by atoms with Crippen molar-refractivity contribution in [1.29, 1.82) is 0 Å². The Morgan fingerprint density at radius 2 is 1.92 bits per heavy atom. The molecule has 1 atom stereocenters. The van der Waals surface area contributed by atoms with E-state index in [-0.39, 0.29) is 29.6 Å². The van der Waals surface area contributed by atoms with Crippen LogP contribution in [0.5, 0.6) is 0 Å². The van der Waals surface area contributed by atoms with Crippen molar-refractivity contribution < 1.29 is 14.4 Å². The minimum absolute atomic E-state index is 0.111. The number of benzene rings is 2. The van der Waals surface area contributed by atoms with Crippen LogP contribution in [0.15, 0.2) is 53.6 Å². The van der Waals surface area contributed by atoms with Crippen molar-refractivity contribution in [3.8, 4) is 0 Å². The highest BCUT2D eigenvalue weighted by atomic mass is 35.5. The second-order valence-corrected chi connectivity index (χ2v) is 10.7. The van der Waals surface area contributed by atoms with Gasteiger partial charge >= 0.3 is 0 Å². The first-order valence-electron chi connectivity index (χ1n) is 12.3. The van der Waals surface area contributed by atoms with Crippen molar-refractivity contribution >= 4 is 63.1 Å². The molecule has 36 heavy (non-hydrogen) atoms. The third-order valence-electron chi connectivity index (χ3n) is 6.99. The lowest BCUT2D eigenvalue weighted by Gasteiger charge is -2.33. The number of piperidine rings is 1. The van der Waals surface area contributed by atoms with E-state index in [1.165, 1.54) is 4.90 Å². The molecule has 0 aliphatic carbocycles. The molecule has 0 saturated carbocycles. The van der Waals surface area contributed by atoms with Crippen molar-refractivity contribution in [2.45, 2.75) is 52.1 Å². The molecule has 186 valence electrons. The van der Waals surface area contributed by atoms with Crippen LogP contribution in [0.4, 0.5) is 10.5 Å². The number of thioether (sulfide) groups is 1. The molecular weight excluding hydrogens is 494 g/mol. The van der Waals surface area contributed by atoms with E-state index < -0.39 is 0 Å². The van der Waals surface area contributed by atoms with E-state index in [0.717, 1.165) is 66.0 Å². The summed E-state index contributed by atoms with van der Waals surface area (Å²) in [5.74, 6) is -0.252. The Labute approximate surface area is 219 Å². The van der Waals surface area contributed by atoms with Gasteiger partial charge in [0.15, 0.2) is 0 Å². The third kappa shape index (κ3) is 4.58. The number of likely N-dealkylation sites (tertiary alicyclic amines) is 1. The van der Waals surface area contributed by atoms with Gasteiger partial charge in [0, 0.05) is 34.8 Å². The van der Waals surface area contributed by atoms with Gasteiger partial charge in [0.1, 0.15) is 6.54 Å². The summed E-state index contributed by atoms with van der Waals surface area (Å²) in [5.41, 5.74) is 3.45. The van der Waals surface area contributed by atoms with E-state index in [4.69, 9.17) is 11.6 Å². The molecule has 0 bridgehead atoms. The standard InChI is InChI=1S/C28H28ClN3O3S/c1-3-19-8-6-9-23-20(16-30(26(19)23)17-25(33)31-14-5-4-7-18(31)2)15-24-27(34)32(28(35)36-24)22-12-10-21(29)11-13-22/h6,8-13,15-16,18H,3-5,7,14,17H2,1-2H3/b24-15-/t18-/m1/s1. The molecule has 6 nitrogen and oxygen atoms in total. The second kappa shape index (κ2) is 10.1. The number of amides is 3. The van der Waals surface area contributed by atoms with Gasteiger partial charge in [0.05, 0.1) is 16.1 Å². The van der Waals surface area contributed by atoms with E-state index in [1.54, 1.807) is 30.3 Å². The minimum atomic E-state index is -0.363. The van der Waals surface area contributed by atoms with Gasteiger partial charge in [-0.1, -0.05) is 36.7 Å². The topological polar surface area (TPSA) is 62.6 Å². The molecule has 0 spiro atoms. The van der Waals surface area contributed by atoms with E-state index in [1.807, 2.05) is 27.8 Å². The number of fused-ring (bicyclic) bond motifs is 1. The maximum absolute atomic E-state index is 13.3. The smallest absolute Gasteiger partial charge is 0.298 e. The number of carbonyl (C=O) groups is 3. The molecule has 3 aromatic rings. The largest absolute Gasteiger partial charge is 0.338 e. The van der Waals surface area contributed by atoms with Gasteiger partial charge in [-0.3, -0.25) is 14.4 Å². The Morgan fingerprint density at radius 1 is 1.14 bits per heavy atom. The predicted octanol–water partition coefficient (Wildman–Crippen LogP) is 6.50. The molecule has 1 aromatic heterocycles. The first-order chi connectivity index (χ1) is 17.4. The zero-order chi connectivity index (χ0) is 25.4. The first-order valence-corrected chi connectivity index (χ1v) is 13.5. The van der Waals surface area contributed by atoms with Crippen molar-refractivity contribution in [2.24, 2.45) is 0 Å². The van der Waals surface area contributed by atoms with E-state index >= 15 is 0 Å². The Balaban J connectivity index is 1.51. The molecule has 0 radical (unpaired) electrons. The number of nitrogens with zero attached hydrogens (tertiary/aromatic N) is 3. The van der Waals surface area contributed by atoms with Gasteiger partial charge in [-0.15, -0.1) is 0 Å². The second-order valence-electron chi connectivity index (χ2n) is 9.30. The summed E-state index contributed by atoms with van der Waals surface area (Å²) in [6.45, 7) is 5.25. The summed E-state index contributed by atoms with van der Waals surface area (Å²) in [6, 6.07) is 13.0. The Bertz CT molecular complexity index is 1380. The highest BCUT2D eigenvalue weighted by Gasteiger charge is 2.36. The van der Waals surface area contributed by atoms with Crippen LogP contribution in [-0.4, -0.2) is 39.1 Å². The Hall–Kier alpha value is -3.03. The Morgan fingerprint density at radius 3 is 2.64 bits per heavy atom. The van der Waals surface area contributed by atoms with Gasteiger partial charge < -0.3 is 9.47 Å². The van der Waals surface area contributed by atoms with Gasteiger partial charge in [-0.2, -0.15) is 0 Å². The van der Waals surface area contributed by atoms with E-state index in [0.29, 0.717) is 15.6 Å². The number of hydrogen-bond acceptors (Lipinski definition) is 4. The molecular formula is C28H28ClN3O3S. The van der Waals surface area contributed by atoms with Crippen LogP contribution < -0.4 is 4.90 Å². The minimum Gasteiger partial charge on any atom is -0.338 e. The van der Waals surface area contributed by atoms with Crippen LogP contribution in [0.1, 0.15) is 44.2 Å². The third-order valence-corrected chi connectivity index (χ3v) is 8.11. The predicted molar refractivity (Wildman–Crippen MR) is 146 cm³/mol. The molecule has 2 aliphatic rings. The van der Waals surface area contributed by atoms with Crippen molar-refractivity contribution in [3.63, 3.8) is 0 Å². The molecule has 3 amide bonds. The van der Waals surface area contributed by atoms with Gasteiger partial charge in [0.2, 0.25) is 5.91 Å². The zero-order valence-electron chi connectivity index (χ0n) is 20.4. The molecule has 2 fully saturated rings. The van der Waals surface area contributed by atoms with Crippen LogP contribution >= 0.6 is 23.4 Å². The maximum Gasteiger partial charge on any atom is 0.298 e. The monoisotopic (exact) mass is 521 g/mol. The number of aryl methyl sites for hydroxylation is 1. The number of anilines is 1. The molecule has 0 N–H and O–H groups in total. The van der Waals surface area contributed by atoms with E-state index in [2.05, 4.69) is 19.9 Å². The van der Waals surface area contributed by atoms with Crippen molar-refractivity contribution in [1.82, 2.24) is 9.47 Å². The highest BCUT2D eigenvalue weighted by Crippen LogP contribution is 2.37. The fourth-order valence-electron chi connectivity index (χ4n) is 5.12. The average molecular weight is 522 g/mol. The Kier molecular flexibility index (Phi) is 6.95. The lowest BCUT2D eigenvalue weighted by molar-refractivity contribution is -0.135. The number of imide groups is 1. The normalized spacial score (nSPS) is 19.6. The van der Waals surface area contributed by atoms with E-state index in [9.17, 15) is 14.4 Å². The number of carbonyl (C=O) groups excluding carboxylic acids is 3. The zero-order valence-corrected chi connectivity index (χ0v) is 21.9. The van der Waals surface area contributed by atoms with Crippen molar-refractivity contribution in [2.75, 3.05) is 11.4 Å². The summed E-state index contributed by atoms with van der Waals surface area (Å²) in [5, 5.41) is 1.15. The average Bonchev–Trinajstić information content (AvgIpc) is 3.36. The lowest BCUT2D eigenvalue weighted by Crippen LogP contribution is -2.43. The first kappa shape index (κ1) is 24.7. The van der Waals surface area contributed by atoms with Crippen molar-refractivity contribution in [3.05, 3.63) is 69.7 Å². The van der Waals surface area contributed by atoms with Crippen LogP contribution in [0, 0.1) is 0 Å². The molecule has 0 unspecified atom stereocenters. The fourth-order valence-corrected chi connectivity index (χ4v) is 6.08. The lowest BCUT2D eigenvalue weighted by atomic mass is 10.0. The SMILES string of the molecule is CCc1cccc2c(/C=C3\SC(=O)N(c4ccc(Cl)cc4)C3=O)cn(CC(=O)N3CCCC[C@H]3C)c12. The number of rotatable bonds is 5. The molecule has 2 saturated heterocycles. The number of hydrogen-bond donors (Lipinski definition) is 0. The van der Waals surface area contributed by atoms with Gasteiger partial charge in [-0.25, -0.2) is 4.90 Å². The molecule has 2 aromatic carbocycles. The van der Waals surface area contributed by atoms with Gasteiger partial charge in [-0.05, 0) is 80.3 Å². The molecule has 8 heteroatoms. The summed E-state index contributed by atoms with van der Waals surface area (Å²) < 4.78 is 2.01. The van der Waals surface area contributed by atoms with Crippen LogP contribution in [0.3, 0.4) is 0 Å². The molecule has 2 aliphatic heterocycles. The summed E-state index contributed by atoms with van der Waals surface area (Å²) in [7, 11) is 0. The number of para-hydroxylation sites is 1. The summed E-state index contributed by atoms with van der Waals surface area (Å²) in [6.07, 6.45) is 7.76. The van der Waals surface area contributed by atoms with Gasteiger partial charge in [0.25, 0.3) is 11.1 Å². The molecule has 5 rings (SSSR count). The molecule has 3 heterocycles. The summed E-state index contributed by atoms with van der Waals surface area (Å²) in [4.78, 5) is 42.7. The quantitative estimate of drug-likeness (QED) is 0.359. The van der Waals surface area contributed by atoms with Crippen LogP contribution in [0.2, 0.25) is 5.02 Å². The van der Waals surface area contributed by atoms with Crippen LogP contribution in [-0.2, 0) is 22.6 Å².